The first-order valence-electron chi connectivity index (χ1n) is 9.81. The molecule has 0 saturated heterocycles. The summed E-state index contributed by atoms with van der Waals surface area (Å²) < 4.78 is 0. The molecule has 0 saturated carbocycles. The van der Waals surface area contributed by atoms with Crippen LogP contribution in [0.15, 0.2) is 72.9 Å². The standard InChI is InChI=1S/C24H27N3O/c1-3-27(4-2)22(19-10-6-5-7-11-19)18-26-23(28)16-15-21-13-8-12-20-14-9-17-25-24(20)21/h5-17,22H,3-4,18H2,1-2H3,(H,26,28)/b16-15+. The molecule has 0 aliphatic heterocycles. The van der Waals surface area contributed by atoms with Crippen molar-refractivity contribution in [1.29, 1.82) is 0 Å². The van der Waals surface area contributed by atoms with E-state index >= 15 is 0 Å². The number of pyridine rings is 1. The van der Waals surface area contributed by atoms with E-state index in [0.717, 1.165) is 29.6 Å². The number of likely N-dealkylation sites (N-methyl/N-ethyl adjacent to an activating group) is 1. The van der Waals surface area contributed by atoms with Crippen LogP contribution in [-0.4, -0.2) is 35.4 Å². The molecule has 3 aromatic rings. The van der Waals surface area contributed by atoms with E-state index in [9.17, 15) is 4.79 Å². The number of amides is 1. The third-order valence-corrected chi connectivity index (χ3v) is 4.99. The zero-order valence-electron chi connectivity index (χ0n) is 16.5. The van der Waals surface area contributed by atoms with Gasteiger partial charge in [-0.2, -0.15) is 0 Å². The Kier molecular flexibility index (Phi) is 6.93. The fourth-order valence-corrected chi connectivity index (χ4v) is 3.48. The molecule has 1 N–H and O–H groups in total. The van der Waals surface area contributed by atoms with Crippen LogP contribution in [0.4, 0.5) is 0 Å². The Balaban J connectivity index is 1.70. The third-order valence-electron chi connectivity index (χ3n) is 4.99. The average Bonchev–Trinajstić information content (AvgIpc) is 2.75. The topological polar surface area (TPSA) is 45.2 Å². The zero-order chi connectivity index (χ0) is 19.8. The van der Waals surface area contributed by atoms with Crippen LogP contribution in [-0.2, 0) is 4.79 Å². The normalized spacial score (nSPS) is 12.5. The Morgan fingerprint density at radius 2 is 1.79 bits per heavy atom. The third kappa shape index (κ3) is 4.84. The molecule has 4 heteroatoms. The summed E-state index contributed by atoms with van der Waals surface area (Å²) in [5.41, 5.74) is 3.06. The van der Waals surface area contributed by atoms with Gasteiger partial charge in [0.15, 0.2) is 0 Å². The summed E-state index contributed by atoms with van der Waals surface area (Å²) in [6, 6.07) is 20.4. The van der Waals surface area contributed by atoms with Crippen LogP contribution in [0.2, 0.25) is 0 Å². The second-order valence-corrected chi connectivity index (χ2v) is 6.65. The predicted octanol–water partition coefficient (Wildman–Crippen LogP) is 4.45. The van der Waals surface area contributed by atoms with E-state index in [1.807, 2.05) is 54.6 Å². The number of nitrogens with zero attached hydrogens (tertiary/aromatic N) is 2. The van der Waals surface area contributed by atoms with Gasteiger partial charge >= 0.3 is 0 Å². The smallest absolute Gasteiger partial charge is 0.244 e. The molecule has 4 nitrogen and oxygen atoms in total. The van der Waals surface area contributed by atoms with Crippen molar-refractivity contribution >= 4 is 22.9 Å². The van der Waals surface area contributed by atoms with Crippen molar-refractivity contribution in [3.05, 3.63) is 84.1 Å². The summed E-state index contributed by atoms with van der Waals surface area (Å²) in [5.74, 6) is -0.0963. The number of benzene rings is 2. The summed E-state index contributed by atoms with van der Waals surface area (Å²) in [5, 5.41) is 4.13. The van der Waals surface area contributed by atoms with Gasteiger partial charge in [0.1, 0.15) is 0 Å². The predicted molar refractivity (Wildman–Crippen MR) is 116 cm³/mol. The number of aromatic nitrogens is 1. The van der Waals surface area contributed by atoms with E-state index < -0.39 is 0 Å². The van der Waals surface area contributed by atoms with E-state index in [-0.39, 0.29) is 11.9 Å². The summed E-state index contributed by atoms with van der Waals surface area (Å²) >= 11 is 0. The fourth-order valence-electron chi connectivity index (χ4n) is 3.48. The maximum atomic E-state index is 12.5. The Morgan fingerprint density at radius 1 is 1.04 bits per heavy atom. The number of rotatable bonds is 8. The molecule has 2 aromatic carbocycles. The maximum Gasteiger partial charge on any atom is 0.244 e. The van der Waals surface area contributed by atoms with Gasteiger partial charge in [0.25, 0.3) is 0 Å². The second-order valence-electron chi connectivity index (χ2n) is 6.65. The maximum absolute atomic E-state index is 12.5. The van der Waals surface area contributed by atoms with Crippen molar-refractivity contribution in [1.82, 2.24) is 15.2 Å². The van der Waals surface area contributed by atoms with Crippen molar-refractivity contribution in [3.8, 4) is 0 Å². The van der Waals surface area contributed by atoms with Crippen molar-refractivity contribution < 1.29 is 4.79 Å². The fraction of sp³-hybridized carbons (Fsp3) is 0.250. The number of hydrogen-bond acceptors (Lipinski definition) is 3. The second kappa shape index (κ2) is 9.81. The van der Waals surface area contributed by atoms with Crippen molar-refractivity contribution in [2.45, 2.75) is 19.9 Å². The van der Waals surface area contributed by atoms with Gasteiger partial charge in [0.2, 0.25) is 5.91 Å². The van der Waals surface area contributed by atoms with Crippen LogP contribution < -0.4 is 5.32 Å². The van der Waals surface area contributed by atoms with Gasteiger partial charge in [-0.25, -0.2) is 0 Å². The van der Waals surface area contributed by atoms with E-state index in [2.05, 4.69) is 41.2 Å². The SMILES string of the molecule is CCN(CC)C(CNC(=O)/C=C/c1cccc2cccnc12)c1ccccc1. The quantitative estimate of drug-likeness (QED) is 0.594. The molecule has 3 rings (SSSR count). The highest BCUT2D eigenvalue weighted by atomic mass is 16.1. The van der Waals surface area contributed by atoms with Gasteiger partial charge in [0, 0.05) is 29.8 Å². The average molecular weight is 374 g/mol. The molecule has 28 heavy (non-hydrogen) atoms. The number of fused-ring (bicyclic) bond motifs is 1. The highest BCUT2D eigenvalue weighted by Gasteiger charge is 2.18. The monoisotopic (exact) mass is 373 g/mol. The van der Waals surface area contributed by atoms with Gasteiger partial charge in [0.05, 0.1) is 11.6 Å². The number of para-hydroxylation sites is 1. The number of carbonyl (C=O) groups excluding carboxylic acids is 1. The lowest BCUT2D eigenvalue weighted by molar-refractivity contribution is -0.116. The molecule has 1 unspecified atom stereocenters. The number of hydrogen-bond donors (Lipinski definition) is 1. The Bertz CT molecular complexity index is 927. The van der Waals surface area contributed by atoms with Gasteiger partial charge in [-0.3, -0.25) is 14.7 Å². The van der Waals surface area contributed by atoms with Crippen molar-refractivity contribution in [3.63, 3.8) is 0 Å². The molecule has 1 amide bonds. The molecule has 0 aliphatic carbocycles. The number of nitrogens with one attached hydrogen (secondary N) is 1. The van der Waals surface area contributed by atoms with Gasteiger partial charge in [-0.15, -0.1) is 0 Å². The minimum absolute atomic E-state index is 0.0963. The summed E-state index contributed by atoms with van der Waals surface area (Å²) in [6.07, 6.45) is 5.20. The lowest BCUT2D eigenvalue weighted by Gasteiger charge is -2.30. The Morgan fingerprint density at radius 3 is 2.54 bits per heavy atom. The lowest BCUT2D eigenvalue weighted by Crippen LogP contribution is -2.37. The Labute approximate surface area is 166 Å². The first kappa shape index (κ1) is 19.8. The van der Waals surface area contributed by atoms with Gasteiger partial charge in [-0.1, -0.05) is 68.4 Å². The molecule has 1 atom stereocenters. The van der Waals surface area contributed by atoms with Crippen LogP contribution >= 0.6 is 0 Å². The largest absolute Gasteiger partial charge is 0.351 e. The first-order valence-corrected chi connectivity index (χ1v) is 9.81. The van der Waals surface area contributed by atoms with Crippen LogP contribution in [0.3, 0.4) is 0 Å². The minimum Gasteiger partial charge on any atom is -0.351 e. The molecule has 1 heterocycles. The number of carbonyl (C=O) groups is 1. The first-order chi connectivity index (χ1) is 13.7. The van der Waals surface area contributed by atoms with Crippen molar-refractivity contribution in [2.75, 3.05) is 19.6 Å². The van der Waals surface area contributed by atoms with Crippen LogP contribution in [0, 0.1) is 0 Å². The zero-order valence-corrected chi connectivity index (χ0v) is 16.5. The molecular formula is C24H27N3O. The van der Waals surface area contributed by atoms with E-state index in [0.29, 0.717) is 6.54 Å². The van der Waals surface area contributed by atoms with Crippen molar-refractivity contribution in [2.24, 2.45) is 0 Å². The van der Waals surface area contributed by atoms with Gasteiger partial charge < -0.3 is 5.32 Å². The van der Waals surface area contributed by atoms with Gasteiger partial charge in [-0.05, 0) is 30.8 Å². The molecule has 0 bridgehead atoms. The molecule has 0 aliphatic rings. The van der Waals surface area contributed by atoms with E-state index in [1.165, 1.54) is 5.56 Å². The van der Waals surface area contributed by atoms with Crippen LogP contribution in [0.5, 0.6) is 0 Å². The molecule has 0 spiro atoms. The summed E-state index contributed by atoms with van der Waals surface area (Å²) in [6.45, 7) is 6.74. The van der Waals surface area contributed by atoms with Crippen LogP contribution in [0.25, 0.3) is 17.0 Å². The molecule has 0 radical (unpaired) electrons. The Hall–Kier alpha value is -2.98. The highest BCUT2D eigenvalue weighted by Crippen LogP contribution is 2.20. The highest BCUT2D eigenvalue weighted by molar-refractivity contribution is 5.95. The molecular weight excluding hydrogens is 346 g/mol. The lowest BCUT2D eigenvalue weighted by atomic mass is 10.0. The molecule has 144 valence electrons. The minimum atomic E-state index is -0.0963. The van der Waals surface area contributed by atoms with E-state index in [4.69, 9.17) is 0 Å². The van der Waals surface area contributed by atoms with Crippen LogP contribution in [0.1, 0.15) is 31.0 Å². The van der Waals surface area contributed by atoms with E-state index in [1.54, 1.807) is 12.3 Å². The summed E-state index contributed by atoms with van der Waals surface area (Å²) in [4.78, 5) is 19.2. The summed E-state index contributed by atoms with van der Waals surface area (Å²) in [7, 11) is 0. The molecule has 0 fully saturated rings. The molecule has 1 aromatic heterocycles.